The molecule has 28 heavy (non-hydrogen) atoms. The fourth-order valence-corrected chi connectivity index (χ4v) is 3.41. The van der Waals surface area contributed by atoms with Crippen molar-refractivity contribution in [1.82, 2.24) is 10.2 Å². The molecule has 0 aromatic heterocycles. The van der Waals surface area contributed by atoms with Crippen LogP contribution in [0.15, 0.2) is 0 Å². The molecule has 2 heterocycles. The third-order valence-corrected chi connectivity index (χ3v) is 5.07. The lowest BCUT2D eigenvalue weighted by Gasteiger charge is -2.56. The molecule has 0 spiro atoms. The van der Waals surface area contributed by atoms with Gasteiger partial charge in [0, 0.05) is 11.3 Å². The van der Waals surface area contributed by atoms with E-state index >= 15 is 0 Å². The van der Waals surface area contributed by atoms with Crippen molar-refractivity contribution < 1.29 is 18.8 Å². The summed E-state index contributed by atoms with van der Waals surface area (Å²) in [5.74, 6) is -4.69. The van der Waals surface area contributed by atoms with Gasteiger partial charge in [-0.2, -0.15) is 0 Å². The molecule has 1 atom stereocenters. The lowest BCUT2D eigenvalue weighted by Crippen LogP contribution is -2.69. The second kappa shape index (κ2) is 5.80. The molecule has 3 N–H and O–H groups in total. The molecule has 1 aromatic rings. The van der Waals surface area contributed by atoms with Crippen LogP contribution in [0.25, 0.3) is 0 Å². The van der Waals surface area contributed by atoms with E-state index in [1.165, 1.54) is 0 Å². The fourth-order valence-electron chi connectivity index (χ4n) is 3.41. The number of rotatable bonds is 1. The van der Waals surface area contributed by atoms with E-state index in [9.17, 15) is 18.8 Å². The number of carbonyl (C=O) groups is 3. The Morgan fingerprint density at radius 2 is 1.54 bits per heavy atom. The summed E-state index contributed by atoms with van der Waals surface area (Å²) in [6.07, 6.45) is 0. The Bertz CT molecular complexity index is 967. The number of hydrogen-bond donors (Lipinski definition) is 2. The van der Waals surface area contributed by atoms with Crippen LogP contribution in [0.4, 0.5) is 10.1 Å². The number of hydrogen-bond acceptors (Lipinski definition) is 4. The Balaban J connectivity index is 2.29. The van der Waals surface area contributed by atoms with E-state index in [1.807, 2.05) is 5.32 Å². The number of anilines is 1. The molecule has 0 aliphatic carbocycles. The molecule has 2 aliphatic rings. The lowest BCUT2D eigenvalue weighted by atomic mass is 9.26. The Labute approximate surface area is 170 Å². The predicted molar refractivity (Wildman–Crippen MR) is 106 cm³/mol. The molecule has 3 rings (SSSR count). The molecule has 2 aliphatic heterocycles. The molecule has 1 aromatic carbocycles. The summed E-state index contributed by atoms with van der Waals surface area (Å²) in [4.78, 5) is 38.0. The maximum Gasteiger partial charge on any atom is 0.253 e. The van der Waals surface area contributed by atoms with Crippen LogP contribution in [0, 0.1) is 5.82 Å². The van der Waals surface area contributed by atoms with Gasteiger partial charge in [0.05, 0.1) is 47.1 Å². The molecule has 0 bridgehead atoms. The standard InChI is InChI=1S/C13H4B8FN3O3/c14-3-1-2(6(23)4(15)5(3)22)13(20,21)25(9(1)27)7-8(26)24-10(28)12(18,19)11(7,16)17/h7H,23H2,(H,24,26,28). The highest BCUT2D eigenvalue weighted by Crippen LogP contribution is 2.52. The minimum Gasteiger partial charge on any atom is -0.399 e. The highest BCUT2D eigenvalue weighted by molar-refractivity contribution is 6.64. The first kappa shape index (κ1) is 20.8. The van der Waals surface area contributed by atoms with Crippen molar-refractivity contribution in [2.45, 2.75) is 21.8 Å². The minimum absolute atomic E-state index is 0.353. The van der Waals surface area contributed by atoms with Gasteiger partial charge in [-0.1, -0.05) is 5.21 Å². The molecule has 1 unspecified atom stereocenters. The molecule has 6 nitrogen and oxygen atoms in total. The van der Waals surface area contributed by atoms with Gasteiger partial charge in [0.2, 0.25) is 11.8 Å². The zero-order valence-corrected chi connectivity index (χ0v) is 14.3. The van der Waals surface area contributed by atoms with Crippen molar-refractivity contribution in [1.29, 1.82) is 0 Å². The zero-order chi connectivity index (χ0) is 21.6. The van der Waals surface area contributed by atoms with Gasteiger partial charge in [-0.15, -0.1) is 0 Å². The third-order valence-electron chi connectivity index (χ3n) is 5.07. The number of amides is 3. The van der Waals surface area contributed by atoms with Crippen molar-refractivity contribution in [2.75, 3.05) is 5.73 Å². The first-order valence-corrected chi connectivity index (χ1v) is 7.68. The molecular weight excluding hydrogens is 352 g/mol. The van der Waals surface area contributed by atoms with Gasteiger partial charge in [0.15, 0.2) is 0 Å². The first-order valence-electron chi connectivity index (χ1n) is 7.68. The van der Waals surface area contributed by atoms with Crippen LogP contribution < -0.4 is 22.0 Å². The summed E-state index contributed by atoms with van der Waals surface area (Å²) in [5, 5.41) is -5.60. The molecule has 120 valence electrons. The highest BCUT2D eigenvalue weighted by Gasteiger charge is 2.60. The fraction of sp³-hybridized carbons (Fsp3) is 0.308. The lowest BCUT2D eigenvalue weighted by molar-refractivity contribution is -0.138. The second-order valence-corrected chi connectivity index (χ2v) is 6.83. The zero-order valence-electron chi connectivity index (χ0n) is 14.3. The number of nitrogens with one attached hydrogen (secondary N) is 1. The third kappa shape index (κ3) is 2.28. The number of halogens is 1. The van der Waals surface area contributed by atoms with E-state index in [4.69, 9.17) is 68.5 Å². The van der Waals surface area contributed by atoms with Crippen LogP contribution in [0.3, 0.4) is 0 Å². The summed E-state index contributed by atoms with van der Waals surface area (Å²) in [6.45, 7) is 0. The average Bonchev–Trinajstić information content (AvgIpc) is 2.77. The molecule has 1 fully saturated rings. The molecule has 1 saturated heterocycles. The van der Waals surface area contributed by atoms with E-state index < -0.39 is 67.5 Å². The van der Waals surface area contributed by atoms with E-state index in [0.29, 0.717) is 4.90 Å². The summed E-state index contributed by atoms with van der Waals surface area (Å²) in [7, 11) is 46.5. The Hall–Kier alpha value is -1.92. The number of imide groups is 1. The number of fused-ring (bicyclic) bond motifs is 1. The summed E-state index contributed by atoms with van der Waals surface area (Å²) in [6, 6.07) is -1.96. The van der Waals surface area contributed by atoms with Gasteiger partial charge in [-0.05, 0) is 27.0 Å². The monoisotopic (exact) mass is 357 g/mol. The van der Waals surface area contributed by atoms with Crippen molar-refractivity contribution in [2.24, 2.45) is 0 Å². The van der Waals surface area contributed by atoms with Gasteiger partial charge in [-0.3, -0.25) is 19.7 Å². The van der Waals surface area contributed by atoms with Crippen LogP contribution in [-0.4, -0.2) is 91.4 Å². The first-order chi connectivity index (χ1) is 12.6. The van der Waals surface area contributed by atoms with Crippen molar-refractivity contribution in [3.05, 3.63) is 16.9 Å². The Kier molecular flexibility index (Phi) is 4.31. The number of piperidine rings is 1. The maximum absolute atomic E-state index is 14.2. The SMILES string of the molecule is [B]c1c(N)c2c(c([B])c1F)C(=O)N(C1C(=O)NC(=O)C([B])([B])C1([B])[B])C2([B])[B]. The minimum atomic E-state index is -2.54. The van der Waals surface area contributed by atoms with E-state index in [0.717, 1.165) is 0 Å². The second-order valence-electron chi connectivity index (χ2n) is 6.83. The number of carbonyl (C=O) groups excluding carboxylic acids is 3. The number of nitrogen functional groups attached to an aromatic ring is 1. The van der Waals surface area contributed by atoms with Crippen molar-refractivity contribution >= 4 is 97.1 Å². The number of nitrogens with two attached hydrogens (primary N) is 1. The van der Waals surface area contributed by atoms with Gasteiger partial charge >= 0.3 is 0 Å². The quantitative estimate of drug-likeness (QED) is 0.299. The molecular formula is C13H4B8FN3O3. The normalized spacial score (nSPS) is 24.7. The molecule has 0 saturated carbocycles. The summed E-state index contributed by atoms with van der Waals surface area (Å²) in [5.41, 5.74) is 3.12. The van der Waals surface area contributed by atoms with Crippen molar-refractivity contribution in [3.63, 3.8) is 0 Å². The van der Waals surface area contributed by atoms with Crippen LogP contribution in [0.1, 0.15) is 15.9 Å². The van der Waals surface area contributed by atoms with E-state index in [-0.39, 0.29) is 5.56 Å². The molecule has 3 amide bonds. The smallest absolute Gasteiger partial charge is 0.253 e. The van der Waals surface area contributed by atoms with Gasteiger partial charge in [0.25, 0.3) is 5.91 Å². The van der Waals surface area contributed by atoms with Gasteiger partial charge in [0.1, 0.15) is 27.6 Å². The largest absolute Gasteiger partial charge is 0.399 e. The predicted octanol–water partition coefficient (Wildman–Crippen LogP) is -5.17. The van der Waals surface area contributed by atoms with Crippen LogP contribution in [-0.2, 0) is 14.9 Å². The average molecular weight is 356 g/mol. The Morgan fingerprint density at radius 1 is 1.00 bits per heavy atom. The summed E-state index contributed by atoms with van der Waals surface area (Å²) >= 11 is 0. The topological polar surface area (TPSA) is 92.5 Å². The van der Waals surface area contributed by atoms with Gasteiger partial charge < -0.3 is 10.6 Å². The van der Waals surface area contributed by atoms with Crippen LogP contribution in [0.2, 0.25) is 10.4 Å². The number of nitrogens with zero attached hydrogens (tertiary/aromatic N) is 1. The van der Waals surface area contributed by atoms with E-state index in [2.05, 4.69) is 0 Å². The highest BCUT2D eigenvalue weighted by atomic mass is 19.1. The van der Waals surface area contributed by atoms with Crippen molar-refractivity contribution in [3.8, 4) is 0 Å². The summed E-state index contributed by atoms with van der Waals surface area (Å²) < 4.78 is 14.2. The van der Waals surface area contributed by atoms with Gasteiger partial charge in [-0.25, -0.2) is 4.39 Å². The number of benzene rings is 1. The Morgan fingerprint density at radius 3 is 2.07 bits per heavy atom. The van der Waals surface area contributed by atoms with E-state index in [1.54, 1.807) is 0 Å². The molecule has 15 heteroatoms. The maximum atomic E-state index is 14.2. The molecule has 16 radical (unpaired) electrons. The van der Waals surface area contributed by atoms with Crippen LogP contribution >= 0.6 is 0 Å². The van der Waals surface area contributed by atoms with Crippen LogP contribution in [0.5, 0.6) is 0 Å².